The van der Waals surface area contributed by atoms with E-state index >= 15 is 0 Å². The molecule has 1 atom stereocenters. The molecule has 0 bridgehead atoms. The van der Waals surface area contributed by atoms with Crippen LogP contribution in [0, 0.1) is 0 Å². The van der Waals surface area contributed by atoms with Crippen LogP contribution < -0.4 is 10.6 Å². The maximum Gasteiger partial charge on any atom is 0.330 e. The SMILES string of the molecule is COC(=O)C=CCNC(=O)[C@H](Cc1ccccc1)NC(C)=O. The lowest BCUT2D eigenvalue weighted by molar-refractivity contribution is -0.134. The van der Waals surface area contributed by atoms with Gasteiger partial charge in [-0.2, -0.15) is 0 Å². The molecule has 0 saturated carbocycles. The fourth-order valence-electron chi connectivity index (χ4n) is 1.81. The molecule has 0 aliphatic rings. The second-order valence-corrected chi connectivity index (χ2v) is 4.61. The standard InChI is InChI=1S/C16H20N2O4/c1-12(19)18-14(11-13-7-4-3-5-8-13)16(21)17-10-6-9-15(20)22-2/h3-9,14H,10-11H2,1-2H3,(H,17,21)(H,18,19)/t14-/m0/s1. The molecule has 0 fully saturated rings. The minimum Gasteiger partial charge on any atom is -0.466 e. The van der Waals surface area contributed by atoms with Crippen molar-refractivity contribution in [1.82, 2.24) is 10.6 Å². The van der Waals surface area contributed by atoms with E-state index in [4.69, 9.17) is 0 Å². The normalized spacial score (nSPS) is 11.7. The first-order valence-electron chi connectivity index (χ1n) is 6.86. The number of esters is 1. The van der Waals surface area contributed by atoms with Gasteiger partial charge in [0.2, 0.25) is 11.8 Å². The Labute approximate surface area is 129 Å². The summed E-state index contributed by atoms with van der Waals surface area (Å²) in [5.74, 6) is -1.08. The molecule has 2 N–H and O–H groups in total. The molecule has 0 aromatic heterocycles. The number of benzene rings is 1. The maximum atomic E-state index is 12.1. The van der Waals surface area contributed by atoms with Crippen molar-refractivity contribution >= 4 is 17.8 Å². The minimum atomic E-state index is -0.661. The van der Waals surface area contributed by atoms with Crippen LogP contribution in [0.4, 0.5) is 0 Å². The van der Waals surface area contributed by atoms with Crippen LogP contribution in [-0.2, 0) is 25.5 Å². The van der Waals surface area contributed by atoms with Gasteiger partial charge in [-0.1, -0.05) is 36.4 Å². The van der Waals surface area contributed by atoms with E-state index in [-0.39, 0.29) is 18.4 Å². The largest absolute Gasteiger partial charge is 0.466 e. The Kier molecular flexibility index (Phi) is 7.39. The third kappa shape index (κ3) is 6.69. The van der Waals surface area contributed by atoms with E-state index in [1.807, 2.05) is 30.3 Å². The van der Waals surface area contributed by atoms with Gasteiger partial charge in [0.05, 0.1) is 7.11 Å². The fourth-order valence-corrected chi connectivity index (χ4v) is 1.81. The van der Waals surface area contributed by atoms with Gasteiger partial charge < -0.3 is 15.4 Å². The molecule has 22 heavy (non-hydrogen) atoms. The first-order valence-corrected chi connectivity index (χ1v) is 6.86. The molecule has 0 saturated heterocycles. The van der Waals surface area contributed by atoms with Gasteiger partial charge in [0, 0.05) is 26.0 Å². The molecule has 118 valence electrons. The van der Waals surface area contributed by atoms with E-state index in [9.17, 15) is 14.4 Å². The van der Waals surface area contributed by atoms with Crippen molar-refractivity contribution in [3.63, 3.8) is 0 Å². The van der Waals surface area contributed by atoms with Gasteiger partial charge in [0.1, 0.15) is 6.04 Å². The smallest absolute Gasteiger partial charge is 0.330 e. The van der Waals surface area contributed by atoms with Crippen molar-refractivity contribution in [3.05, 3.63) is 48.0 Å². The summed E-state index contributed by atoms with van der Waals surface area (Å²) in [5, 5.41) is 5.26. The fraction of sp³-hybridized carbons (Fsp3) is 0.312. The van der Waals surface area contributed by atoms with Gasteiger partial charge in [-0.15, -0.1) is 0 Å². The van der Waals surface area contributed by atoms with E-state index < -0.39 is 12.0 Å². The summed E-state index contributed by atoms with van der Waals surface area (Å²) < 4.78 is 4.44. The highest BCUT2D eigenvalue weighted by atomic mass is 16.5. The molecule has 0 spiro atoms. The average molecular weight is 304 g/mol. The van der Waals surface area contributed by atoms with E-state index in [0.29, 0.717) is 6.42 Å². The third-order valence-electron chi connectivity index (χ3n) is 2.83. The molecule has 1 rings (SSSR count). The van der Waals surface area contributed by atoms with Gasteiger partial charge >= 0.3 is 5.97 Å². The zero-order chi connectivity index (χ0) is 16.4. The lowest BCUT2D eigenvalue weighted by Gasteiger charge is -2.17. The van der Waals surface area contributed by atoms with Gasteiger partial charge in [0.25, 0.3) is 0 Å². The molecule has 6 nitrogen and oxygen atoms in total. The van der Waals surface area contributed by atoms with E-state index in [0.717, 1.165) is 5.56 Å². The van der Waals surface area contributed by atoms with Crippen molar-refractivity contribution in [2.24, 2.45) is 0 Å². The first kappa shape index (κ1) is 17.4. The summed E-state index contributed by atoms with van der Waals surface area (Å²) >= 11 is 0. The molecule has 1 aromatic carbocycles. The van der Waals surface area contributed by atoms with Crippen LogP contribution in [-0.4, -0.2) is 37.5 Å². The molecule has 0 aliphatic carbocycles. The van der Waals surface area contributed by atoms with Crippen LogP contribution in [0.2, 0.25) is 0 Å². The predicted octanol–water partition coefficient (Wildman–Crippen LogP) is 0.579. The van der Waals surface area contributed by atoms with E-state index in [2.05, 4.69) is 15.4 Å². The molecule has 1 aromatic rings. The molecule has 6 heteroatoms. The zero-order valence-corrected chi connectivity index (χ0v) is 12.7. The first-order chi connectivity index (χ1) is 10.5. The van der Waals surface area contributed by atoms with Crippen molar-refractivity contribution in [2.75, 3.05) is 13.7 Å². The number of carbonyl (C=O) groups is 3. The van der Waals surface area contributed by atoms with Crippen molar-refractivity contribution in [3.8, 4) is 0 Å². The topological polar surface area (TPSA) is 84.5 Å². The highest BCUT2D eigenvalue weighted by Crippen LogP contribution is 2.03. The maximum absolute atomic E-state index is 12.1. The van der Waals surface area contributed by atoms with E-state index in [1.165, 1.54) is 26.2 Å². The second-order valence-electron chi connectivity index (χ2n) is 4.61. The van der Waals surface area contributed by atoms with Crippen molar-refractivity contribution in [2.45, 2.75) is 19.4 Å². The number of carbonyl (C=O) groups excluding carboxylic acids is 3. The highest BCUT2D eigenvalue weighted by molar-refractivity contribution is 5.87. The minimum absolute atomic E-state index is 0.179. The monoisotopic (exact) mass is 304 g/mol. The number of nitrogens with one attached hydrogen (secondary N) is 2. The van der Waals surface area contributed by atoms with Gasteiger partial charge in [-0.25, -0.2) is 4.79 Å². The summed E-state index contributed by atoms with van der Waals surface area (Å²) in [5.41, 5.74) is 0.946. The lowest BCUT2D eigenvalue weighted by atomic mass is 10.1. The Morgan fingerprint density at radius 2 is 1.91 bits per heavy atom. The zero-order valence-electron chi connectivity index (χ0n) is 12.7. The van der Waals surface area contributed by atoms with Crippen molar-refractivity contribution < 1.29 is 19.1 Å². The predicted molar refractivity (Wildman–Crippen MR) is 81.9 cm³/mol. The second kappa shape index (κ2) is 9.33. The molecule has 0 radical (unpaired) electrons. The Balaban J connectivity index is 2.59. The molecule has 0 heterocycles. The number of amides is 2. The Hall–Kier alpha value is -2.63. The van der Waals surface area contributed by atoms with Gasteiger partial charge in [0.15, 0.2) is 0 Å². The quantitative estimate of drug-likeness (QED) is 0.570. The summed E-state index contributed by atoms with van der Waals surface area (Å²) in [6, 6.07) is 8.74. The molecule has 0 aliphatic heterocycles. The van der Waals surface area contributed by atoms with Crippen LogP contribution in [0.25, 0.3) is 0 Å². The van der Waals surface area contributed by atoms with Crippen LogP contribution in [0.15, 0.2) is 42.5 Å². The van der Waals surface area contributed by atoms with Gasteiger partial charge in [-0.05, 0) is 5.56 Å². The molecule has 0 unspecified atom stereocenters. The van der Waals surface area contributed by atoms with Crippen LogP contribution in [0.3, 0.4) is 0 Å². The Morgan fingerprint density at radius 3 is 2.50 bits per heavy atom. The molecular weight excluding hydrogens is 284 g/mol. The van der Waals surface area contributed by atoms with Gasteiger partial charge in [-0.3, -0.25) is 9.59 Å². The lowest BCUT2D eigenvalue weighted by Crippen LogP contribution is -2.47. The number of hydrogen-bond donors (Lipinski definition) is 2. The summed E-state index contributed by atoms with van der Waals surface area (Å²) in [6.07, 6.45) is 3.11. The number of rotatable bonds is 7. The van der Waals surface area contributed by atoms with E-state index in [1.54, 1.807) is 0 Å². The summed E-state index contributed by atoms with van der Waals surface area (Å²) in [7, 11) is 1.28. The summed E-state index contributed by atoms with van der Waals surface area (Å²) in [6.45, 7) is 1.54. The Bertz CT molecular complexity index is 540. The average Bonchev–Trinajstić information content (AvgIpc) is 2.51. The number of ether oxygens (including phenoxy) is 1. The number of methoxy groups -OCH3 is 1. The van der Waals surface area contributed by atoms with Crippen LogP contribution in [0.5, 0.6) is 0 Å². The highest BCUT2D eigenvalue weighted by Gasteiger charge is 2.19. The van der Waals surface area contributed by atoms with Crippen LogP contribution >= 0.6 is 0 Å². The van der Waals surface area contributed by atoms with Crippen molar-refractivity contribution in [1.29, 1.82) is 0 Å². The third-order valence-corrected chi connectivity index (χ3v) is 2.83. The summed E-state index contributed by atoms with van der Waals surface area (Å²) in [4.78, 5) is 34.3. The number of hydrogen-bond acceptors (Lipinski definition) is 4. The van der Waals surface area contributed by atoms with Crippen LogP contribution in [0.1, 0.15) is 12.5 Å². The molecule has 2 amide bonds. The Morgan fingerprint density at radius 1 is 1.23 bits per heavy atom. The molecular formula is C16H20N2O4.